The van der Waals surface area contributed by atoms with Crippen LogP contribution in [0.4, 0.5) is 13.2 Å². The number of nitrogens with zero attached hydrogens (tertiary/aromatic N) is 2. The van der Waals surface area contributed by atoms with Gasteiger partial charge in [-0.25, -0.2) is 4.79 Å². The van der Waals surface area contributed by atoms with Crippen LogP contribution in [0.5, 0.6) is 0 Å². The maximum atomic E-state index is 10.6. The molecule has 1 aromatic heterocycles. The van der Waals surface area contributed by atoms with Gasteiger partial charge in [0, 0.05) is 18.9 Å². The molecule has 0 aromatic carbocycles. The van der Waals surface area contributed by atoms with Gasteiger partial charge in [0.1, 0.15) is 0 Å². The maximum absolute atomic E-state index is 10.6. The largest absolute Gasteiger partial charge is 0.490 e. The van der Waals surface area contributed by atoms with Crippen molar-refractivity contribution in [1.82, 2.24) is 9.97 Å². The Hall–Kier alpha value is -1.70. The lowest BCUT2D eigenvalue weighted by Crippen LogP contribution is -2.21. The second-order valence-electron chi connectivity index (χ2n) is 2.81. The molecule has 17 heavy (non-hydrogen) atoms. The number of carboxylic acid groups (broad SMARTS) is 1. The van der Waals surface area contributed by atoms with Crippen molar-refractivity contribution in [3.05, 3.63) is 23.8 Å². The molecule has 0 aliphatic rings. The van der Waals surface area contributed by atoms with Crippen LogP contribution in [0.2, 0.25) is 0 Å². The van der Waals surface area contributed by atoms with Crippen LogP contribution in [0.15, 0.2) is 12.4 Å². The second kappa shape index (κ2) is 6.79. The van der Waals surface area contributed by atoms with Crippen LogP contribution in [0.25, 0.3) is 0 Å². The van der Waals surface area contributed by atoms with Crippen molar-refractivity contribution in [2.75, 3.05) is 0 Å². The Labute approximate surface area is 95.5 Å². The average Bonchev–Trinajstić information content (AvgIpc) is 2.28. The Morgan fingerprint density at radius 1 is 1.35 bits per heavy atom. The fourth-order valence-electron chi connectivity index (χ4n) is 0.861. The number of hydrogen-bond acceptors (Lipinski definition) is 4. The normalized spacial score (nSPS) is 10.4. The molecule has 1 heterocycles. The van der Waals surface area contributed by atoms with Gasteiger partial charge < -0.3 is 10.8 Å². The van der Waals surface area contributed by atoms with Crippen LogP contribution >= 0.6 is 0 Å². The van der Waals surface area contributed by atoms with E-state index in [9.17, 15) is 13.2 Å². The molecule has 0 aliphatic carbocycles. The van der Waals surface area contributed by atoms with Crippen molar-refractivity contribution < 1.29 is 23.1 Å². The number of aliphatic carboxylic acids is 1. The highest BCUT2D eigenvalue weighted by Gasteiger charge is 2.38. The molecule has 0 radical (unpaired) electrons. The molecule has 0 spiro atoms. The van der Waals surface area contributed by atoms with Gasteiger partial charge in [0.2, 0.25) is 0 Å². The highest BCUT2D eigenvalue weighted by atomic mass is 19.4. The molecule has 0 atom stereocenters. The molecule has 96 valence electrons. The summed E-state index contributed by atoms with van der Waals surface area (Å²) >= 11 is 0. The molecule has 0 saturated carbocycles. The smallest absolute Gasteiger partial charge is 0.475 e. The van der Waals surface area contributed by atoms with Crippen molar-refractivity contribution in [2.45, 2.75) is 26.1 Å². The van der Waals surface area contributed by atoms with Gasteiger partial charge in [0.15, 0.2) is 0 Å². The van der Waals surface area contributed by atoms with Gasteiger partial charge in [0.05, 0.1) is 11.4 Å². The van der Waals surface area contributed by atoms with Crippen LogP contribution in [0.3, 0.4) is 0 Å². The van der Waals surface area contributed by atoms with Crippen LogP contribution < -0.4 is 5.73 Å². The number of rotatable bonds is 2. The first-order chi connectivity index (χ1) is 7.82. The number of hydrogen-bond donors (Lipinski definition) is 2. The molecule has 3 N–H and O–H groups in total. The van der Waals surface area contributed by atoms with E-state index in [1.165, 1.54) is 0 Å². The first kappa shape index (κ1) is 15.3. The van der Waals surface area contributed by atoms with E-state index in [4.69, 9.17) is 15.6 Å². The number of carbonyl (C=O) groups is 1. The average molecular weight is 251 g/mol. The summed E-state index contributed by atoms with van der Waals surface area (Å²) in [7, 11) is 0. The van der Waals surface area contributed by atoms with E-state index in [1.54, 1.807) is 12.4 Å². The van der Waals surface area contributed by atoms with Crippen molar-refractivity contribution >= 4 is 5.97 Å². The number of aromatic nitrogens is 2. The quantitative estimate of drug-likeness (QED) is 0.822. The summed E-state index contributed by atoms with van der Waals surface area (Å²) < 4.78 is 31.7. The van der Waals surface area contributed by atoms with E-state index in [1.807, 2.05) is 6.92 Å². The van der Waals surface area contributed by atoms with Crippen molar-refractivity contribution in [3.8, 4) is 0 Å². The standard InChI is InChI=1S/C7H11N3.C2HF3O2/c1-2-6-7(5-8)10-4-3-9-6;3-2(4,5)1(6)7/h3-4H,2,5,8H2,1H3;(H,6,7). The summed E-state index contributed by atoms with van der Waals surface area (Å²) in [6, 6.07) is 0. The van der Waals surface area contributed by atoms with Gasteiger partial charge in [-0.05, 0) is 6.42 Å². The van der Waals surface area contributed by atoms with Crippen LogP contribution in [-0.4, -0.2) is 27.2 Å². The zero-order valence-corrected chi connectivity index (χ0v) is 9.03. The summed E-state index contributed by atoms with van der Waals surface area (Å²) in [6.45, 7) is 2.53. The molecule has 1 rings (SSSR count). The molecule has 0 saturated heterocycles. The van der Waals surface area contributed by atoms with E-state index in [-0.39, 0.29) is 0 Å². The third-order valence-electron chi connectivity index (χ3n) is 1.63. The lowest BCUT2D eigenvalue weighted by molar-refractivity contribution is -0.192. The van der Waals surface area contributed by atoms with Crippen molar-refractivity contribution in [3.63, 3.8) is 0 Å². The predicted molar refractivity (Wildman–Crippen MR) is 53.0 cm³/mol. The van der Waals surface area contributed by atoms with E-state index in [0.29, 0.717) is 6.54 Å². The molecular weight excluding hydrogens is 239 g/mol. The van der Waals surface area contributed by atoms with E-state index < -0.39 is 12.1 Å². The van der Waals surface area contributed by atoms with Crippen molar-refractivity contribution in [2.24, 2.45) is 5.73 Å². The summed E-state index contributed by atoms with van der Waals surface area (Å²) in [5.41, 5.74) is 7.34. The number of halogens is 3. The van der Waals surface area contributed by atoms with Crippen LogP contribution in [0, 0.1) is 0 Å². The number of aryl methyl sites for hydroxylation is 1. The minimum absolute atomic E-state index is 0.483. The molecule has 0 amide bonds. The first-order valence-electron chi connectivity index (χ1n) is 4.61. The molecule has 5 nitrogen and oxygen atoms in total. The second-order valence-corrected chi connectivity index (χ2v) is 2.81. The Balaban J connectivity index is 0.000000325. The fourth-order valence-corrected chi connectivity index (χ4v) is 0.861. The van der Waals surface area contributed by atoms with Gasteiger partial charge in [-0.3, -0.25) is 9.97 Å². The van der Waals surface area contributed by atoms with Gasteiger partial charge in [-0.1, -0.05) is 6.92 Å². The van der Waals surface area contributed by atoms with Gasteiger partial charge in [0.25, 0.3) is 0 Å². The number of nitrogens with two attached hydrogens (primary N) is 1. The zero-order valence-electron chi connectivity index (χ0n) is 9.03. The van der Waals surface area contributed by atoms with Gasteiger partial charge >= 0.3 is 12.1 Å². The lowest BCUT2D eigenvalue weighted by Gasteiger charge is -1.99. The van der Waals surface area contributed by atoms with Gasteiger partial charge in [-0.15, -0.1) is 0 Å². The number of alkyl halides is 3. The monoisotopic (exact) mass is 251 g/mol. The maximum Gasteiger partial charge on any atom is 0.490 e. The topological polar surface area (TPSA) is 89.1 Å². The SMILES string of the molecule is CCc1nccnc1CN.O=C(O)C(F)(F)F. The Kier molecular flexibility index (Phi) is 6.11. The Bertz CT molecular complexity index is 346. The van der Waals surface area contributed by atoms with Crippen molar-refractivity contribution in [1.29, 1.82) is 0 Å². The Morgan fingerprint density at radius 2 is 1.76 bits per heavy atom. The van der Waals surface area contributed by atoms with Gasteiger partial charge in [-0.2, -0.15) is 13.2 Å². The van der Waals surface area contributed by atoms with E-state index >= 15 is 0 Å². The highest BCUT2D eigenvalue weighted by Crippen LogP contribution is 2.13. The molecule has 1 aromatic rings. The highest BCUT2D eigenvalue weighted by molar-refractivity contribution is 5.73. The zero-order chi connectivity index (χ0) is 13.5. The third-order valence-corrected chi connectivity index (χ3v) is 1.63. The minimum Gasteiger partial charge on any atom is -0.475 e. The summed E-state index contributed by atoms with van der Waals surface area (Å²) in [5.74, 6) is -2.76. The third kappa shape index (κ3) is 5.81. The molecule has 0 unspecified atom stereocenters. The Morgan fingerprint density at radius 3 is 2.00 bits per heavy atom. The molecule has 8 heteroatoms. The lowest BCUT2D eigenvalue weighted by atomic mass is 10.2. The molecular formula is C9H12F3N3O2. The summed E-state index contributed by atoms with van der Waals surface area (Å²) in [6.07, 6.45) is -0.820. The first-order valence-corrected chi connectivity index (χ1v) is 4.61. The predicted octanol–water partition coefficient (Wildman–Crippen LogP) is 1.13. The molecule has 0 bridgehead atoms. The number of carboxylic acids is 1. The fraction of sp³-hybridized carbons (Fsp3) is 0.444. The van der Waals surface area contributed by atoms with Crippen LogP contribution in [0.1, 0.15) is 18.3 Å². The molecule has 0 aliphatic heterocycles. The van der Waals surface area contributed by atoms with Crippen LogP contribution in [-0.2, 0) is 17.8 Å². The van der Waals surface area contributed by atoms with E-state index in [0.717, 1.165) is 17.8 Å². The minimum atomic E-state index is -5.08. The summed E-state index contributed by atoms with van der Waals surface area (Å²) in [4.78, 5) is 17.1. The molecule has 0 fully saturated rings. The summed E-state index contributed by atoms with van der Waals surface area (Å²) in [5, 5.41) is 7.12. The van der Waals surface area contributed by atoms with E-state index in [2.05, 4.69) is 9.97 Å².